The molecule has 0 saturated carbocycles. The summed E-state index contributed by atoms with van der Waals surface area (Å²) in [5.74, 6) is -0.0233. The molecule has 0 fully saturated rings. The Balaban J connectivity index is 2.10. The molecule has 1 aromatic heterocycles. The highest BCUT2D eigenvalue weighted by molar-refractivity contribution is 5.92. The van der Waals surface area contributed by atoms with Crippen molar-refractivity contribution in [1.29, 1.82) is 0 Å². The molecular formula is C14H18N4O. The zero-order valence-corrected chi connectivity index (χ0v) is 10.9. The van der Waals surface area contributed by atoms with Gasteiger partial charge in [0.05, 0.1) is 17.7 Å². The van der Waals surface area contributed by atoms with Crippen molar-refractivity contribution in [2.24, 2.45) is 5.73 Å². The van der Waals surface area contributed by atoms with E-state index in [1.807, 2.05) is 42.0 Å². The highest BCUT2D eigenvalue weighted by Gasteiger charge is 2.08. The van der Waals surface area contributed by atoms with Gasteiger partial charge in [-0.1, -0.05) is 12.1 Å². The molecule has 0 aliphatic carbocycles. The fourth-order valence-electron chi connectivity index (χ4n) is 1.78. The predicted molar refractivity (Wildman–Crippen MR) is 75.1 cm³/mol. The van der Waals surface area contributed by atoms with E-state index in [-0.39, 0.29) is 11.9 Å². The van der Waals surface area contributed by atoms with E-state index in [0.29, 0.717) is 12.8 Å². The van der Waals surface area contributed by atoms with Crippen molar-refractivity contribution in [3.8, 4) is 5.69 Å². The van der Waals surface area contributed by atoms with Crippen molar-refractivity contribution in [2.45, 2.75) is 25.8 Å². The second-order valence-corrected chi connectivity index (χ2v) is 4.55. The summed E-state index contributed by atoms with van der Waals surface area (Å²) in [7, 11) is 0. The normalized spacial score (nSPS) is 12.1. The van der Waals surface area contributed by atoms with Crippen LogP contribution in [0, 0.1) is 0 Å². The minimum absolute atomic E-state index is 0.0233. The number of hydrogen-bond acceptors (Lipinski definition) is 3. The van der Waals surface area contributed by atoms with Gasteiger partial charge in [0, 0.05) is 24.9 Å². The molecule has 0 aliphatic heterocycles. The Kier molecular flexibility index (Phi) is 4.30. The van der Waals surface area contributed by atoms with Gasteiger partial charge in [0.1, 0.15) is 0 Å². The zero-order chi connectivity index (χ0) is 13.7. The van der Waals surface area contributed by atoms with Gasteiger partial charge in [-0.2, -0.15) is 0 Å². The number of hydrogen-bond donors (Lipinski definition) is 2. The number of nitrogens with one attached hydrogen (secondary N) is 1. The lowest BCUT2D eigenvalue weighted by Crippen LogP contribution is -2.20. The summed E-state index contributed by atoms with van der Waals surface area (Å²) in [5, 5.41) is 2.91. The van der Waals surface area contributed by atoms with Crippen LogP contribution in [0.1, 0.15) is 19.8 Å². The van der Waals surface area contributed by atoms with Crippen LogP contribution in [0.5, 0.6) is 0 Å². The first-order chi connectivity index (χ1) is 9.16. The summed E-state index contributed by atoms with van der Waals surface area (Å²) in [6, 6.07) is 7.66. The molecule has 0 radical (unpaired) electrons. The number of nitrogens with two attached hydrogens (primary N) is 1. The average molecular weight is 258 g/mol. The molecule has 0 aliphatic rings. The van der Waals surface area contributed by atoms with Gasteiger partial charge >= 0.3 is 0 Å². The fourth-order valence-corrected chi connectivity index (χ4v) is 1.78. The Labute approximate surface area is 112 Å². The van der Waals surface area contributed by atoms with Gasteiger partial charge in [-0.25, -0.2) is 4.98 Å². The van der Waals surface area contributed by atoms with Crippen LogP contribution in [-0.2, 0) is 4.79 Å². The molecule has 3 N–H and O–H groups in total. The second-order valence-electron chi connectivity index (χ2n) is 4.55. The van der Waals surface area contributed by atoms with Crippen molar-refractivity contribution in [3.63, 3.8) is 0 Å². The quantitative estimate of drug-likeness (QED) is 0.860. The third-order valence-corrected chi connectivity index (χ3v) is 2.79. The first-order valence-electron chi connectivity index (χ1n) is 6.29. The van der Waals surface area contributed by atoms with Crippen molar-refractivity contribution >= 4 is 11.6 Å². The molecule has 100 valence electrons. The minimum atomic E-state index is -0.0233. The van der Waals surface area contributed by atoms with E-state index in [9.17, 15) is 4.79 Å². The summed E-state index contributed by atoms with van der Waals surface area (Å²) in [4.78, 5) is 15.9. The first-order valence-corrected chi connectivity index (χ1v) is 6.29. The van der Waals surface area contributed by atoms with Crippen molar-refractivity contribution in [1.82, 2.24) is 9.55 Å². The highest BCUT2D eigenvalue weighted by Crippen LogP contribution is 2.19. The van der Waals surface area contributed by atoms with Crippen LogP contribution in [0.2, 0.25) is 0 Å². The smallest absolute Gasteiger partial charge is 0.224 e. The number of carbonyl (C=O) groups excluding carboxylic acids is 1. The molecule has 5 nitrogen and oxygen atoms in total. The number of aromatic nitrogens is 2. The maximum absolute atomic E-state index is 11.8. The molecule has 0 spiro atoms. The van der Waals surface area contributed by atoms with Gasteiger partial charge in [-0.15, -0.1) is 0 Å². The molecule has 0 bridgehead atoms. The number of imidazole rings is 1. The van der Waals surface area contributed by atoms with Gasteiger partial charge in [-0.3, -0.25) is 4.79 Å². The monoisotopic (exact) mass is 258 g/mol. The lowest BCUT2D eigenvalue weighted by Gasteiger charge is -2.12. The van der Waals surface area contributed by atoms with E-state index in [1.54, 1.807) is 12.5 Å². The van der Waals surface area contributed by atoms with Gasteiger partial charge in [0.25, 0.3) is 0 Å². The molecule has 1 atom stereocenters. The van der Waals surface area contributed by atoms with Crippen molar-refractivity contribution in [3.05, 3.63) is 43.0 Å². The van der Waals surface area contributed by atoms with Crippen LogP contribution in [0.4, 0.5) is 5.69 Å². The summed E-state index contributed by atoms with van der Waals surface area (Å²) in [6.45, 7) is 1.90. The number of anilines is 1. The summed E-state index contributed by atoms with van der Waals surface area (Å²) < 4.78 is 1.86. The van der Waals surface area contributed by atoms with Crippen LogP contribution in [-0.4, -0.2) is 21.5 Å². The third-order valence-electron chi connectivity index (χ3n) is 2.79. The SMILES string of the molecule is CC(N)CCC(=O)Nc1ccccc1-n1ccnc1. The van der Waals surface area contributed by atoms with Crippen LogP contribution < -0.4 is 11.1 Å². The van der Waals surface area contributed by atoms with E-state index in [0.717, 1.165) is 11.4 Å². The molecule has 2 rings (SSSR count). The standard InChI is InChI=1S/C14H18N4O/c1-11(15)6-7-14(19)17-12-4-2-3-5-13(12)18-9-8-16-10-18/h2-5,8-11H,6-7,15H2,1H3,(H,17,19). The molecule has 19 heavy (non-hydrogen) atoms. The molecule has 0 saturated heterocycles. The maximum atomic E-state index is 11.8. The van der Waals surface area contributed by atoms with Gasteiger partial charge < -0.3 is 15.6 Å². The molecular weight excluding hydrogens is 240 g/mol. The Bertz CT molecular complexity index is 534. The number of para-hydroxylation sites is 2. The van der Waals surface area contributed by atoms with Crippen LogP contribution in [0.3, 0.4) is 0 Å². The number of benzene rings is 1. The Morgan fingerprint density at radius 3 is 2.95 bits per heavy atom. The molecule has 1 heterocycles. The number of rotatable bonds is 5. The van der Waals surface area contributed by atoms with Crippen molar-refractivity contribution < 1.29 is 4.79 Å². The largest absolute Gasteiger partial charge is 0.328 e. The molecule has 5 heteroatoms. The van der Waals surface area contributed by atoms with E-state index in [2.05, 4.69) is 10.3 Å². The molecule has 2 aromatic rings. The predicted octanol–water partition coefficient (Wildman–Crippen LogP) is 1.94. The topological polar surface area (TPSA) is 72.9 Å². The van der Waals surface area contributed by atoms with E-state index in [4.69, 9.17) is 5.73 Å². The number of amides is 1. The van der Waals surface area contributed by atoms with Gasteiger partial charge in [0.2, 0.25) is 5.91 Å². The Morgan fingerprint density at radius 2 is 2.26 bits per heavy atom. The lowest BCUT2D eigenvalue weighted by atomic mass is 10.2. The number of nitrogens with zero attached hydrogens (tertiary/aromatic N) is 2. The minimum Gasteiger partial charge on any atom is -0.328 e. The van der Waals surface area contributed by atoms with Crippen LogP contribution >= 0.6 is 0 Å². The molecule has 1 aromatic carbocycles. The summed E-state index contributed by atoms with van der Waals surface area (Å²) in [5.41, 5.74) is 7.32. The van der Waals surface area contributed by atoms with E-state index in [1.165, 1.54) is 0 Å². The highest BCUT2D eigenvalue weighted by atomic mass is 16.1. The molecule has 1 amide bonds. The van der Waals surface area contributed by atoms with Gasteiger partial charge in [-0.05, 0) is 25.5 Å². The summed E-state index contributed by atoms with van der Waals surface area (Å²) in [6.07, 6.45) is 6.35. The van der Waals surface area contributed by atoms with Crippen molar-refractivity contribution in [2.75, 3.05) is 5.32 Å². The summed E-state index contributed by atoms with van der Waals surface area (Å²) >= 11 is 0. The molecule has 1 unspecified atom stereocenters. The zero-order valence-electron chi connectivity index (χ0n) is 10.9. The lowest BCUT2D eigenvalue weighted by molar-refractivity contribution is -0.116. The maximum Gasteiger partial charge on any atom is 0.224 e. The van der Waals surface area contributed by atoms with Gasteiger partial charge in [0.15, 0.2) is 0 Å². The number of carbonyl (C=O) groups is 1. The average Bonchev–Trinajstić information content (AvgIpc) is 2.91. The Hall–Kier alpha value is -2.14. The first kappa shape index (κ1) is 13.3. The third kappa shape index (κ3) is 3.66. The van der Waals surface area contributed by atoms with E-state index < -0.39 is 0 Å². The fraction of sp³-hybridized carbons (Fsp3) is 0.286. The van der Waals surface area contributed by atoms with Crippen LogP contribution in [0.25, 0.3) is 5.69 Å². The Morgan fingerprint density at radius 1 is 1.47 bits per heavy atom. The van der Waals surface area contributed by atoms with Crippen LogP contribution in [0.15, 0.2) is 43.0 Å². The van der Waals surface area contributed by atoms with E-state index >= 15 is 0 Å². The second kappa shape index (κ2) is 6.15.